The Morgan fingerprint density at radius 3 is 2.52 bits per heavy atom. The summed E-state index contributed by atoms with van der Waals surface area (Å²) in [4.78, 5) is 74.1. The Kier molecular flexibility index (Phi) is 12.7. The van der Waals surface area contributed by atoms with Crippen molar-refractivity contribution in [2.24, 2.45) is 11.3 Å². The Hall–Kier alpha value is -5.12. The molecule has 3 aromatic heterocycles. The van der Waals surface area contributed by atoms with Crippen molar-refractivity contribution >= 4 is 52.6 Å². The molecule has 1 aromatic carbocycles. The number of hydrogen-bond donors (Lipinski definition) is 4. The first-order valence-corrected chi connectivity index (χ1v) is 23.8. The van der Waals surface area contributed by atoms with Gasteiger partial charge in [0.15, 0.2) is 5.13 Å². The number of likely N-dealkylation sites (tertiary alicyclic amines) is 1. The number of rotatable bonds is 15. The third-order valence-electron chi connectivity index (χ3n) is 11.8. The number of benzene rings is 1. The van der Waals surface area contributed by atoms with E-state index in [0.29, 0.717) is 39.5 Å². The fourth-order valence-corrected chi connectivity index (χ4v) is 11.6. The van der Waals surface area contributed by atoms with Crippen molar-refractivity contribution in [1.29, 1.82) is 0 Å². The van der Waals surface area contributed by atoms with Gasteiger partial charge in [-0.05, 0) is 76.5 Å². The first kappa shape index (κ1) is 44.9. The van der Waals surface area contributed by atoms with E-state index in [-0.39, 0.29) is 37.7 Å². The number of ether oxygens (including phenoxy) is 3. The summed E-state index contributed by atoms with van der Waals surface area (Å²) in [6.45, 7) is 15.2. The topological polar surface area (TPSA) is 207 Å². The fraction of sp³-hybridized carbons (Fsp3) is 0.523. The van der Waals surface area contributed by atoms with Gasteiger partial charge in [0.2, 0.25) is 19.2 Å². The van der Waals surface area contributed by atoms with Gasteiger partial charge in [0.1, 0.15) is 52.6 Å². The van der Waals surface area contributed by atoms with Crippen molar-refractivity contribution in [2.75, 3.05) is 19.0 Å². The molecule has 0 spiro atoms. The highest BCUT2D eigenvalue weighted by Crippen LogP contribution is 2.70. The number of fused-ring (bicyclic) bond motifs is 1. The molecule has 4 heterocycles. The van der Waals surface area contributed by atoms with E-state index in [1.54, 1.807) is 37.5 Å². The van der Waals surface area contributed by atoms with Gasteiger partial charge in [-0.15, -0.1) is 17.9 Å². The maximum atomic E-state index is 15.0. The zero-order chi connectivity index (χ0) is 44.6. The third-order valence-corrected chi connectivity index (χ3v) is 15.2. The molecule has 3 amide bonds. The van der Waals surface area contributed by atoms with Gasteiger partial charge in [-0.1, -0.05) is 26.8 Å². The molecule has 4 N–H and O–H groups in total. The summed E-state index contributed by atoms with van der Waals surface area (Å²) in [5.74, 6) is -0.632. The molecule has 332 valence electrons. The number of amides is 3. The second-order valence-corrected chi connectivity index (χ2v) is 21.6. The molecule has 1 saturated heterocycles. The lowest BCUT2D eigenvalue weighted by molar-refractivity contribution is -0.142. The Balaban J connectivity index is 1.25. The monoisotopic (exact) mass is 888 g/mol. The molecule has 2 saturated carbocycles. The summed E-state index contributed by atoms with van der Waals surface area (Å²) in [6, 6.07) is 6.70. The average molecular weight is 889 g/mol. The van der Waals surface area contributed by atoms with Gasteiger partial charge in [-0.2, -0.15) is 0 Å². The average Bonchev–Trinajstić information content (AvgIpc) is 3.55. The zero-order valence-corrected chi connectivity index (χ0v) is 38.1. The maximum absolute atomic E-state index is 15.0. The lowest BCUT2D eigenvalue weighted by atomic mass is 9.85. The van der Waals surface area contributed by atoms with Gasteiger partial charge < -0.3 is 40.0 Å². The van der Waals surface area contributed by atoms with Crippen molar-refractivity contribution in [3.8, 4) is 22.9 Å². The van der Waals surface area contributed by atoms with Crippen molar-refractivity contribution in [3.05, 3.63) is 66.6 Å². The summed E-state index contributed by atoms with van der Waals surface area (Å²) >= 11 is 1.46. The molecule has 0 bridgehead atoms. The summed E-state index contributed by atoms with van der Waals surface area (Å²) in [7, 11) is -2.61. The number of carbonyl (C=O) groups is 3. The number of carbonyl (C=O) groups excluding carboxylic acids is 3. The quantitative estimate of drug-likeness (QED) is 0.0684. The molecule has 1 aliphatic heterocycles. The molecule has 3 aliphatic rings. The SMILES string of the molecule is C=C[C@@H]1C[C@]1(NC(=O)[C@@H]1CC(C)(Oc2cc(-c3csc(NC(C)C)n3)nc3cc(OC)ccc23)CN1C(=O)[C@@H](NC(=O)OC1CCCC1)C(C)(C)C)P(=O)(O)Cc1ccncn1. The predicted octanol–water partition coefficient (Wildman–Crippen LogP) is 7.29. The number of anilines is 1. The Morgan fingerprint density at radius 2 is 1.87 bits per heavy atom. The van der Waals surface area contributed by atoms with Gasteiger partial charge >= 0.3 is 6.09 Å². The number of nitrogens with one attached hydrogen (secondary N) is 3. The van der Waals surface area contributed by atoms with E-state index in [0.717, 1.165) is 30.8 Å². The van der Waals surface area contributed by atoms with Crippen LogP contribution in [0.5, 0.6) is 11.5 Å². The van der Waals surface area contributed by atoms with Crippen LogP contribution >= 0.6 is 18.7 Å². The number of thiazole rings is 1. The zero-order valence-electron chi connectivity index (χ0n) is 36.3. The number of aromatic nitrogens is 4. The number of hydrogen-bond acceptors (Lipinski definition) is 13. The summed E-state index contributed by atoms with van der Waals surface area (Å²) in [6.07, 6.45) is 6.70. The van der Waals surface area contributed by atoms with E-state index in [1.807, 2.05) is 53.0 Å². The number of nitrogens with zero attached hydrogens (tertiary/aromatic N) is 5. The normalized spacial score (nSPS) is 24.0. The Bertz CT molecular complexity index is 2370. The van der Waals surface area contributed by atoms with Crippen LogP contribution in [0.25, 0.3) is 22.3 Å². The highest BCUT2D eigenvalue weighted by atomic mass is 32.1. The van der Waals surface area contributed by atoms with E-state index >= 15 is 4.79 Å². The maximum Gasteiger partial charge on any atom is 0.408 e. The molecule has 2 unspecified atom stereocenters. The number of alkyl carbamates (subject to hydrolysis) is 1. The minimum Gasteiger partial charge on any atom is -0.497 e. The standard InChI is InChI=1S/C44H57N8O8PS/c1-9-27-20-44(27,61(56,57)22-28-16-17-45-25-46-28)51-38(53)35-21-43(7,24-52(35)39(54)37(42(4,5)6)50-41(55)59-29-12-10-11-13-29)60-36-19-33(34-23-62-40(49-34)47-26(2)3)48-32-18-30(58-8)14-15-31(32)36/h9,14-19,23,25-27,29,35,37H,1,10-13,20-22,24H2,2-8H3,(H,47,49)(H,50,55)(H,51,53)(H,56,57)/t27-,35+,37-,43?,44+/m1/s1. The molecular formula is C44H57N8O8PS. The second-order valence-electron chi connectivity index (χ2n) is 18.2. The van der Waals surface area contributed by atoms with E-state index in [1.165, 1.54) is 28.8 Å². The van der Waals surface area contributed by atoms with Crippen molar-refractivity contribution in [2.45, 2.75) is 121 Å². The predicted molar refractivity (Wildman–Crippen MR) is 237 cm³/mol. The number of methoxy groups -OCH3 is 1. The largest absolute Gasteiger partial charge is 0.497 e. The first-order chi connectivity index (χ1) is 29.3. The van der Waals surface area contributed by atoms with Crippen LogP contribution in [0, 0.1) is 11.3 Å². The minimum atomic E-state index is -4.19. The van der Waals surface area contributed by atoms with E-state index in [2.05, 4.69) is 32.5 Å². The van der Waals surface area contributed by atoms with Crippen LogP contribution in [0.2, 0.25) is 0 Å². The van der Waals surface area contributed by atoms with Crippen LogP contribution in [0.15, 0.2) is 60.9 Å². The van der Waals surface area contributed by atoms with E-state index in [4.69, 9.17) is 24.2 Å². The third kappa shape index (κ3) is 9.59. The number of pyridine rings is 1. The van der Waals surface area contributed by atoms with Gasteiger partial charge in [0.25, 0.3) is 0 Å². The van der Waals surface area contributed by atoms with Gasteiger partial charge in [-0.3, -0.25) is 14.2 Å². The summed E-state index contributed by atoms with van der Waals surface area (Å²) in [5, 5.41) is 10.9. The van der Waals surface area contributed by atoms with Crippen LogP contribution in [-0.2, 0) is 25.1 Å². The Labute approximate surface area is 366 Å². The molecule has 18 heteroatoms. The molecule has 2 aliphatic carbocycles. The van der Waals surface area contributed by atoms with E-state index in [9.17, 15) is 19.0 Å². The van der Waals surface area contributed by atoms with Gasteiger partial charge in [0, 0.05) is 47.5 Å². The highest BCUT2D eigenvalue weighted by Gasteiger charge is 2.66. The summed E-state index contributed by atoms with van der Waals surface area (Å²) in [5.41, 5.74) is 0.0953. The Morgan fingerprint density at radius 1 is 1.11 bits per heavy atom. The van der Waals surface area contributed by atoms with Crippen molar-refractivity contribution in [1.82, 2.24) is 35.5 Å². The fourth-order valence-electron chi connectivity index (χ4n) is 8.46. The lowest BCUT2D eigenvalue weighted by Gasteiger charge is -2.36. The lowest BCUT2D eigenvalue weighted by Crippen LogP contribution is -2.59. The van der Waals surface area contributed by atoms with Crippen LogP contribution < -0.4 is 25.4 Å². The molecular weight excluding hydrogens is 832 g/mol. The molecule has 0 radical (unpaired) electrons. The second kappa shape index (κ2) is 17.6. The first-order valence-electron chi connectivity index (χ1n) is 21.0. The smallest absolute Gasteiger partial charge is 0.408 e. The highest BCUT2D eigenvalue weighted by molar-refractivity contribution is 7.59. The summed E-state index contributed by atoms with van der Waals surface area (Å²) < 4.78 is 32.5. The molecule has 7 rings (SSSR count). The van der Waals surface area contributed by atoms with Crippen molar-refractivity contribution < 1.29 is 38.1 Å². The molecule has 6 atom stereocenters. The van der Waals surface area contributed by atoms with Crippen LogP contribution in [0.3, 0.4) is 0 Å². The van der Waals surface area contributed by atoms with Crippen molar-refractivity contribution in [3.63, 3.8) is 0 Å². The van der Waals surface area contributed by atoms with Gasteiger partial charge in [0.05, 0.1) is 36.7 Å². The van der Waals surface area contributed by atoms with E-state index < -0.39 is 59.6 Å². The molecule has 4 aromatic rings. The van der Waals surface area contributed by atoms with Crippen LogP contribution in [-0.4, -0.2) is 96.4 Å². The minimum absolute atomic E-state index is 0.00110. The molecule has 3 fully saturated rings. The molecule has 62 heavy (non-hydrogen) atoms. The van der Waals surface area contributed by atoms with Crippen LogP contribution in [0.4, 0.5) is 9.93 Å². The molecule has 16 nitrogen and oxygen atoms in total. The van der Waals surface area contributed by atoms with Gasteiger partial charge in [-0.25, -0.2) is 24.7 Å². The van der Waals surface area contributed by atoms with Crippen LogP contribution in [0.1, 0.15) is 85.8 Å².